The van der Waals surface area contributed by atoms with E-state index in [4.69, 9.17) is 4.74 Å². The van der Waals surface area contributed by atoms with Gasteiger partial charge in [-0.1, -0.05) is 24.3 Å². The molecule has 1 amide bonds. The lowest BCUT2D eigenvalue weighted by atomic mass is 9.87. The summed E-state index contributed by atoms with van der Waals surface area (Å²) in [5.74, 6) is -1.60. The summed E-state index contributed by atoms with van der Waals surface area (Å²) in [5, 5.41) is 2.00. The van der Waals surface area contributed by atoms with Crippen LogP contribution in [0.15, 0.2) is 41.3 Å². The Morgan fingerprint density at radius 3 is 2.50 bits per heavy atom. The predicted molar refractivity (Wildman–Crippen MR) is 111 cm³/mol. The molecule has 2 aromatic rings. The molecule has 1 N–H and O–H groups in total. The van der Waals surface area contributed by atoms with Crippen molar-refractivity contribution in [2.75, 3.05) is 13.7 Å². The van der Waals surface area contributed by atoms with Crippen LogP contribution in [-0.2, 0) is 40.6 Å². The average molecular weight is 468 g/mol. The normalized spacial score (nSPS) is 19.1. The van der Waals surface area contributed by atoms with Crippen LogP contribution in [0.1, 0.15) is 28.7 Å². The highest BCUT2D eigenvalue weighted by molar-refractivity contribution is 7.89. The zero-order valence-electron chi connectivity index (χ0n) is 17.4. The maximum absolute atomic E-state index is 13.5. The molecule has 6 nitrogen and oxygen atoms in total. The number of hydrogen-bond donors (Lipinski definition) is 1. The fraction of sp³-hybridized carbons (Fsp3) is 0.409. The van der Waals surface area contributed by atoms with Crippen LogP contribution in [0.5, 0.6) is 5.75 Å². The van der Waals surface area contributed by atoms with E-state index in [2.05, 4.69) is 0 Å². The fourth-order valence-corrected chi connectivity index (χ4v) is 6.15. The Morgan fingerprint density at radius 1 is 1.09 bits per heavy atom. The number of methoxy groups -OCH3 is 1. The third-order valence-electron chi connectivity index (χ3n) is 6.06. The summed E-state index contributed by atoms with van der Waals surface area (Å²) in [5.41, 5.74) is 3.14. The maximum atomic E-state index is 13.5. The van der Waals surface area contributed by atoms with Gasteiger partial charge in [0.15, 0.2) is 0 Å². The van der Waals surface area contributed by atoms with Crippen molar-refractivity contribution in [1.29, 1.82) is 0 Å². The van der Waals surface area contributed by atoms with Crippen molar-refractivity contribution in [3.63, 3.8) is 0 Å². The number of amides is 1. The van der Waals surface area contributed by atoms with E-state index < -0.39 is 28.1 Å². The highest BCUT2D eigenvalue weighted by atomic mass is 32.2. The first kappa shape index (κ1) is 22.6. The van der Waals surface area contributed by atoms with Crippen molar-refractivity contribution in [3.05, 3.63) is 58.7 Å². The lowest BCUT2D eigenvalue weighted by Crippen LogP contribution is -2.45. The summed E-state index contributed by atoms with van der Waals surface area (Å²) in [4.78, 5) is 11.5. The first-order valence-electron chi connectivity index (χ1n) is 10.2. The summed E-state index contributed by atoms with van der Waals surface area (Å²) in [7, 11) is -2.40. The molecule has 0 spiro atoms. The number of ether oxygens (including phenoxy) is 1. The highest BCUT2D eigenvalue weighted by Crippen LogP contribution is 2.36. The molecule has 0 saturated heterocycles. The Balaban J connectivity index is 1.64. The van der Waals surface area contributed by atoms with E-state index in [-0.39, 0.29) is 30.7 Å². The number of benzene rings is 2. The van der Waals surface area contributed by atoms with Gasteiger partial charge in [-0.3, -0.25) is 4.79 Å². The topological polar surface area (TPSA) is 75.7 Å². The fourth-order valence-electron chi connectivity index (χ4n) is 4.45. The molecule has 1 heterocycles. The van der Waals surface area contributed by atoms with E-state index in [9.17, 15) is 26.4 Å². The second-order valence-electron chi connectivity index (χ2n) is 7.99. The second kappa shape index (κ2) is 8.40. The van der Waals surface area contributed by atoms with Crippen molar-refractivity contribution >= 4 is 15.9 Å². The first-order chi connectivity index (χ1) is 15.1. The molecule has 2 aromatic carbocycles. The van der Waals surface area contributed by atoms with Crippen LogP contribution < -0.4 is 10.1 Å². The van der Waals surface area contributed by atoms with E-state index in [0.717, 1.165) is 11.1 Å². The monoisotopic (exact) mass is 468 g/mol. The molecular weight excluding hydrogens is 445 g/mol. The van der Waals surface area contributed by atoms with Gasteiger partial charge in [0.05, 0.1) is 12.0 Å². The number of nitrogens with one attached hydrogen (secondary N) is 1. The molecule has 0 fully saturated rings. The summed E-state index contributed by atoms with van der Waals surface area (Å²) in [6, 6.07) is 9.97. The van der Waals surface area contributed by atoms with Gasteiger partial charge in [-0.2, -0.15) is 17.5 Å². The quantitative estimate of drug-likeness (QED) is 0.749. The van der Waals surface area contributed by atoms with Gasteiger partial charge < -0.3 is 10.1 Å². The molecule has 32 heavy (non-hydrogen) atoms. The molecule has 10 heteroatoms. The highest BCUT2D eigenvalue weighted by Gasteiger charge is 2.41. The lowest BCUT2D eigenvalue weighted by molar-refractivity contribution is -0.174. The smallest absolute Gasteiger partial charge is 0.471 e. The van der Waals surface area contributed by atoms with Crippen LogP contribution in [0, 0.1) is 0 Å². The van der Waals surface area contributed by atoms with Crippen molar-refractivity contribution in [3.8, 4) is 5.75 Å². The molecule has 0 radical (unpaired) electrons. The first-order valence-corrected chi connectivity index (χ1v) is 11.7. The minimum absolute atomic E-state index is 0.0620. The Labute approximate surface area is 184 Å². The summed E-state index contributed by atoms with van der Waals surface area (Å²) in [6.45, 7) is 0.619. The van der Waals surface area contributed by atoms with Gasteiger partial charge in [-0.25, -0.2) is 8.42 Å². The van der Waals surface area contributed by atoms with Gasteiger partial charge in [0, 0.05) is 24.7 Å². The molecule has 172 valence electrons. The molecule has 0 aromatic heterocycles. The molecular formula is C22H23F3N2O4S. The van der Waals surface area contributed by atoms with E-state index in [1.807, 2.05) is 29.6 Å². The van der Waals surface area contributed by atoms with Gasteiger partial charge in [0.1, 0.15) is 5.75 Å². The SMILES string of the molecule is COc1ccc(S(=O)(=O)N2CCc3ccccc3C2)c2c1C[C@@H](NC(=O)C(F)(F)F)CC2. The summed E-state index contributed by atoms with van der Waals surface area (Å²) >= 11 is 0. The molecule has 1 atom stereocenters. The Bertz CT molecular complexity index is 1150. The van der Waals surface area contributed by atoms with Crippen LogP contribution in [-0.4, -0.2) is 44.5 Å². The number of rotatable bonds is 4. The number of fused-ring (bicyclic) bond motifs is 2. The van der Waals surface area contributed by atoms with Crippen LogP contribution in [0.4, 0.5) is 13.2 Å². The van der Waals surface area contributed by atoms with Gasteiger partial charge >= 0.3 is 12.1 Å². The lowest BCUT2D eigenvalue weighted by Gasteiger charge is -2.32. The van der Waals surface area contributed by atoms with Gasteiger partial charge in [0.2, 0.25) is 10.0 Å². The summed E-state index contributed by atoms with van der Waals surface area (Å²) in [6.07, 6.45) is -3.88. The van der Waals surface area contributed by atoms with Gasteiger partial charge in [0.25, 0.3) is 0 Å². The second-order valence-corrected chi connectivity index (χ2v) is 9.90. The minimum atomic E-state index is -4.97. The van der Waals surface area contributed by atoms with E-state index in [1.54, 1.807) is 0 Å². The van der Waals surface area contributed by atoms with Crippen molar-refractivity contribution in [1.82, 2.24) is 9.62 Å². The third-order valence-corrected chi connectivity index (χ3v) is 7.99. The van der Waals surface area contributed by atoms with Crippen molar-refractivity contribution in [2.45, 2.75) is 49.3 Å². The van der Waals surface area contributed by atoms with Crippen LogP contribution in [0.2, 0.25) is 0 Å². The molecule has 0 unspecified atom stereocenters. The largest absolute Gasteiger partial charge is 0.496 e. The van der Waals surface area contributed by atoms with Gasteiger partial charge in [-0.05, 0) is 54.5 Å². The standard InChI is InChI=1S/C22H23F3N2O4S/c1-31-19-8-9-20(17-7-6-16(12-18(17)19)26-21(28)22(23,24)25)32(29,30)27-11-10-14-4-2-3-5-15(14)13-27/h2-5,8-9,16H,6-7,10-13H2,1H3,(H,26,28)/t16-/m0/s1. The third kappa shape index (κ3) is 4.21. The number of sulfonamides is 1. The molecule has 0 bridgehead atoms. The molecule has 0 saturated carbocycles. The number of hydrogen-bond acceptors (Lipinski definition) is 4. The Kier molecular flexibility index (Phi) is 5.93. The number of alkyl halides is 3. The minimum Gasteiger partial charge on any atom is -0.496 e. The molecule has 2 aliphatic rings. The van der Waals surface area contributed by atoms with Crippen molar-refractivity contribution < 1.29 is 31.1 Å². The number of carbonyl (C=O) groups is 1. The zero-order chi connectivity index (χ0) is 23.1. The van der Waals surface area contributed by atoms with Gasteiger partial charge in [-0.15, -0.1) is 0 Å². The molecule has 1 aliphatic carbocycles. The predicted octanol–water partition coefficient (Wildman–Crippen LogP) is 2.98. The number of nitrogens with zero attached hydrogens (tertiary/aromatic N) is 1. The zero-order valence-corrected chi connectivity index (χ0v) is 18.2. The van der Waals surface area contributed by atoms with E-state index >= 15 is 0 Å². The average Bonchev–Trinajstić information content (AvgIpc) is 2.77. The van der Waals surface area contributed by atoms with E-state index in [1.165, 1.54) is 23.5 Å². The van der Waals surface area contributed by atoms with Crippen molar-refractivity contribution in [2.24, 2.45) is 0 Å². The Morgan fingerprint density at radius 2 is 1.81 bits per heavy atom. The maximum Gasteiger partial charge on any atom is 0.471 e. The molecule has 4 rings (SSSR count). The van der Waals surface area contributed by atoms with Crippen LogP contribution >= 0.6 is 0 Å². The number of halogens is 3. The molecule has 1 aliphatic heterocycles. The van der Waals surface area contributed by atoms with E-state index in [0.29, 0.717) is 29.8 Å². The number of carbonyl (C=O) groups excluding carboxylic acids is 1. The Hall–Kier alpha value is -2.59. The van der Waals surface area contributed by atoms with Crippen LogP contribution in [0.3, 0.4) is 0 Å². The van der Waals surface area contributed by atoms with Crippen LogP contribution in [0.25, 0.3) is 0 Å². The summed E-state index contributed by atoms with van der Waals surface area (Å²) < 4.78 is 71.8.